The van der Waals surface area contributed by atoms with Crippen LogP contribution in [0.5, 0.6) is 5.88 Å². The number of methoxy groups -OCH3 is 1. The molecule has 0 aliphatic heterocycles. The second-order valence-electron chi connectivity index (χ2n) is 2.82. The second kappa shape index (κ2) is 7.56. The van der Waals surface area contributed by atoms with E-state index >= 15 is 0 Å². The van der Waals surface area contributed by atoms with Crippen molar-refractivity contribution in [3.05, 3.63) is 17.8 Å². The van der Waals surface area contributed by atoms with Gasteiger partial charge in [-0.05, 0) is 6.07 Å². The average Bonchev–Trinajstić information content (AvgIpc) is 2.34. The minimum Gasteiger partial charge on any atom is -0.473 e. The van der Waals surface area contributed by atoms with Gasteiger partial charge in [-0.3, -0.25) is 0 Å². The van der Waals surface area contributed by atoms with Crippen molar-refractivity contribution in [3.63, 3.8) is 0 Å². The fraction of sp³-hybridized carbons (Fsp3) is 0.500. The molecule has 0 aliphatic rings. The lowest BCUT2D eigenvalue weighted by Gasteiger charge is -2.06. The predicted molar refractivity (Wildman–Crippen MR) is 54.9 cm³/mol. The quantitative estimate of drug-likeness (QED) is 0.622. The van der Waals surface area contributed by atoms with E-state index in [4.69, 9.17) is 19.5 Å². The molecule has 6 heteroatoms. The van der Waals surface area contributed by atoms with Gasteiger partial charge in [0.2, 0.25) is 0 Å². The molecule has 0 saturated carbocycles. The molecule has 0 aromatic carbocycles. The van der Waals surface area contributed by atoms with Crippen LogP contribution in [-0.4, -0.2) is 43.7 Å². The monoisotopic (exact) mass is 223 g/mol. The van der Waals surface area contributed by atoms with E-state index in [1.807, 2.05) is 6.07 Å². The van der Waals surface area contributed by atoms with E-state index in [0.29, 0.717) is 32.0 Å². The van der Waals surface area contributed by atoms with Crippen molar-refractivity contribution in [1.29, 1.82) is 5.26 Å². The minimum absolute atomic E-state index is 0.236. The fourth-order valence-electron chi connectivity index (χ4n) is 0.952. The van der Waals surface area contributed by atoms with Crippen molar-refractivity contribution in [3.8, 4) is 11.9 Å². The smallest absolute Gasteiger partial charge is 0.251 e. The molecule has 0 N–H and O–H groups in total. The Morgan fingerprint density at radius 1 is 1.31 bits per heavy atom. The van der Waals surface area contributed by atoms with Gasteiger partial charge in [-0.15, -0.1) is 5.10 Å². The van der Waals surface area contributed by atoms with E-state index < -0.39 is 0 Å². The van der Waals surface area contributed by atoms with Crippen LogP contribution in [0.4, 0.5) is 0 Å². The fourth-order valence-corrected chi connectivity index (χ4v) is 0.952. The summed E-state index contributed by atoms with van der Waals surface area (Å²) in [6, 6.07) is 3.52. The van der Waals surface area contributed by atoms with Crippen LogP contribution in [0.15, 0.2) is 12.3 Å². The molecule has 0 aliphatic carbocycles. The zero-order valence-corrected chi connectivity index (χ0v) is 9.05. The maximum Gasteiger partial charge on any atom is 0.251 e. The molecule has 1 rings (SSSR count). The lowest BCUT2D eigenvalue weighted by Crippen LogP contribution is -2.11. The highest BCUT2D eigenvalue weighted by Crippen LogP contribution is 2.10. The first-order chi connectivity index (χ1) is 7.88. The van der Waals surface area contributed by atoms with Gasteiger partial charge in [0.1, 0.15) is 18.2 Å². The summed E-state index contributed by atoms with van der Waals surface area (Å²) in [7, 11) is 1.61. The molecule has 0 bridgehead atoms. The van der Waals surface area contributed by atoms with Crippen LogP contribution >= 0.6 is 0 Å². The number of nitriles is 1. The first-order valence-electron chi connectivity index (χ1n) is 4.79. The number of aromatic nitrogens is 2. The van der Waals surface area contributed by atoms with Crippen molar-refractivity contribution in [2.24, 2.45) is 0 Å². The normalized spacial score (nSPS) is 9.75. The summed E-state index contributed by atoms with van der Waals surface area (Å²) in [5.74, 6) is 0.236. The Hall–Kier alpha value is -1.71. The van der Waals surface area contributed by atoms with Crippen molar-refractivity contribution in [2.75, 3.05) is 33.5 Å². The molecule has 0 saturated heterocycles. The van der Waals surface area contributed by atoms with E-state index in [1.54, 1.807) is 13.2 Å². The second-order valence-corrected chi connectivity index (χ2v) is 2.82. The highest BCUT2D eigenvalue weighted by molar-refractivity contribution is 5.35. The summed E-state index contributed by atoms with van der Waals surface area (Å²) >= 11 is 0. The standard InChI is InChI=1S/C10H13N3O3/c1-14-4-5-15-6-7-16-10-9(8-11)2-3-12-13-10/h2-3H,4-7H2,1H3. The van der Waals surface area contributed by atoms with Gasteiger partial charge in [0.25, 0.3) is 5.88 Å². The summed E-state index contributed by atoms with van der Waals surface area (Å²) in [5, 5.41) is 16.1. The Kier molecular flexibility index (Phi) is 5.84. The third kappa shape index (κ3) is 4.21. The summed E-state index contributed by atoms with van der Waals surface area (Å²) in [5.41, 5.74) is 0.367. The van der Waals surface area contributed by atoms with Crippen LogP contribution < -0.4 is 4.74 Å². The van der Waals surface area contributed by atoms with Crippen molar-refractivity contribution >= 4 is 0 Å². The Bertz CT molecular complexity index is 351. The number of ether oxygens (including phenoxy) is 3. The zero-order valence-electron chi connectivity index (χ0n) is 9.05. The van der Waals surface area contributed by atoms with E-state index in [2.05, 4.69) is 10.2 Å². The Labute approximate surface area is 93.8 Å². The Morgan fingerprint density at radius 2 is 2.12 bits per heavy atom. The number of rotatable bonds is 7. The minimum atomic E-state index is 0.236. The van der Waals surface area contributed by atoms with Crippen LogP contribution in [0, 0.1) is 11.3 Å². The van der Waals surface area contributed by atoms with Gasteiger partial charge in [0.05, 0.1) is 26.0 Å². The summed E-state index contributed by atoms with van der Waals surface area (Å²) in [4.78, 5) is 0. The highest BCUT2D eigenvalue weighted by Gasteiger charge is 2.03. The molecule has 0 fully saturated rings. The SMILES string of the molecule is COCCOCCOc1nnccc1C#N. The topological polar surface area (TPSA) is 77.3 Å². The third-order valence-corrected chi connectivity index (χ3v) is 1.71. The van der Waals surface area contributed by atoms with Gasteiger partial charge >= 0.3 is 0 Å². The third-order valence-electron chi connectivity index (χ3n) is 1.71. The molecule has 86 valence electrons. The summed E-state index contributed by atoms with van der Waals surface area (Å²) in [6.45, 7) is 1.82. The molecular weight excluding hydrogens is 210 g/mol. The molecule has 1 heterocycles. The van der Waals surface area contributed by atoms with Gasteiger partial charge in [-0.1, -0.05) is 0 Å². The van der Waals surface area contributed by atoms with Crippen molar-refractivity contribution in [1.82, 2.24) is 10.2 Å². The van der Waals surface area contributed by atoms with Gasteiger partial charge in [-0.25, -0.2) is 0 Å². The van der Waals surface area contributed by atoms with Gasteiger partial charge in [0.15, 0.2) is 0 Å². The van der Waals surface area contributed by atoms with Crippen LogP contribution in [0.1, 0.15) is 5.56 Å². The van der Waals surface area contributed by atoms with Crippen molar-refractivity contribution in [2.45, 2.75) is 0 Å². The number of hydrogen-bond acceptors (Lipinski definition) is 6. The molecular formula is C10H13N3O3. The number of nitrogens with zero attached hydrogens (tertiary/aromatic N) is 3. The first kappa shape index (κ1) is 12.4. The largest absolute Gasteiger partial charge is 0.473 e. The average molecular weight is 223 g/mol. The van der Waals surface area contributed by atoms with Gasteiger partial charge < -0.3 is 14.2 Å². The van der Waals surface area contributed by atoms with E-state index in [9.17, 15) is 0 Å². The Morgan fingerprint density at radius 3 is 2.88 bits per heavy atom. The van der Waals surface area contributed by atoms with E-state index in [1.165, 1.54) is 6.20 Å². The lowest BCUT2D eigenvalue weighted by molar-refractivity contribution is 0.0534. The first-order valence-corrected chi connectivity index (χ1v) is 4.79. The molecule has 0 amide bonds. The van der Waals surface area contributed by atoms with Crippen LogP contribution in [0.3, 0.4) is 0 Å². The van der Waals surface area contributed by atoms with Crippen molar-refractivity contribution < 1.29 is 14.2 Å². The molecule has 0 spiro atoms. The molecule has 1 aromatic rings. The van der Waals surface area contributed by atoms with Crippen LogP contribution in [-0.2, 0) is 9.47 Å². The molecule has 0 unspecified atom stereocenters. The Balaban J connectivity index is 2.24. The molecule has 1 aromatic heterocycles. The van der Waals surface area contributed by atoms with Gasteiger partial charge in [-0.2, -0.15) is 10.4 Å². The zero-order chi connectivity index (χ0) is 11.6. The highest BCUT2D eigenvalue weighted by atomic mass is 16.5. The maximum absolute atomic E-state index is 8.75. The molecule has 6 nitrogen and oxygen atoms in total. The predicted octanol–water partition coefficient (Wildman–Crippen LogP) is 0.390. The van der Waals surface area contributed by atoms with Crippen LogP contribution in [0.2, 0.25) is 0 Å². The van der Waals surface area contributed by atoms with E-state index in [0.717, 1.165) is 0 Å². The van der Waals surface area contributed by atoms with E-state index in [-0.39, 0.29) is 5.88 Å². The van der Waals surface area contributed by atoms with Crippen LogP contribution in [0.25, 0.3) is 0 Å². The maximum atomic E-state index is 8.75. The number of hydrogen-bond donors (Lipinski definition) is 0. The summed E-state index contributed by atoms with van der Waals surface area (Å²) < 4.78 is 15.2. The van der Waals surface area contributed by atoms with Gasteiger partial charge in [0, 0.05) is 7.11 Å². The molecule has 16 heavy (non-hydrogen) atoms. The lowest BCUT2D eigenvalue weighted by atomic mass is 10.3. The molecule has 0 atom stereocenters. The summed E-state index contributed by atoms with van der Waals surface area (Å²) in [6.07, 6.45) is 1.44. The molecule has 0 radical (unpaired) electrons.